The number of benzene rings is 4. The molecule has 1 fully saturated rings. The fourth-order valence-corrected chi connectivity index (χ4v) is 6.91. The normalized spacial score (nSPS) is 15.4. The lowest BCUT2D eigenvalue weighted by Gasteiger charge is -2.25. The number of aromatic nitrogens is 1. The molecule has 7 rings (SSSR count). The van der Waals surface area contributed by atoms with Crippen LogP contribution in [0.4, 0.5) is 0 Å². The largest absolute Gasteiger partial charge is 0.337 e. The van der Waals surface area contributed by atoms with Crippen molar-refractivity contribution in [2.75, 3.05) is 0 Å². The maximum atomic E-state index is 2.64. The molecule has 0 radical (unpaired) electrons. The molecule has 6 aromatic rings. The van der Waals surface area contributed by atoms with Gasteiger partial charge in [-0.05, 0) is 60.4 Å². The van der Waals surface area contributed by atoms with E-state index in [9.17, 15) is 0 Å². The van der Waals surface area contributed by atoms with Crippen LogP contribution < -0.4 is 0 Å². The lowest BCUT2D eigenvalue weighted by Crippen LogP contribution is -2.12. The molecule has 32 heavy (non-hydrogen) atoms. The summed E-state index contributed by atoms with van der Waals surface area (Å²) in [5, 5.41) is 5.51. The van der Waals surface area contributed by atoms with Crippen molar-refractivity contribution in [1.29, 1.82) is 0 Å². The number of fused-ring (bicyclic) bond motifs is 6. The van der Waals surface area contributed by atoms with E-state index in [1.165, 1.54) is 85.2 Å². The summed E-state index contributed by atoms with van der Waals surface area (Å²) >= 11 is 1.89. The molecule has 0 N–H and O–H groups in total. The quantitative estimate of drug-likeness (QED) is 0.257. The molecule has 0 saturated heterocycles. The molecule has 0 unspecified atom stereocenters. The zero-order valence-corrected chi connectivity index (χ0v) is 18.9. The molecule has 1 aliphatic rings. The highest BCUT2D eigenvalue weighted by Gasteiger charge is 2.20. The molecule has 1 nitrogen and oxygen atoms in total. The maximum absolute atomic E-state index is 2.64. The highest BCUT2D eigenvalue weighted by atomic mass is 32.1. The third kappa shape index (κ3) is 2.76. The fourth-order valence-electron chi connectivity index (χ4n) is 5.82. The Kier molecular flexibility index (Phi) is 4.16. The van der Waals surface area contributed by atoms with Crippen LogP contribution in [0.5, 0.6) is 0 Å². The van der Waals surface area contributed by atoms with Crippen LogP contribution in [0.25, 0.3) is 53.1 Å². The number of nitrogens with zero attached hydrogens (tertiary/aromatic N) is 1. The topological polar surface area (TPSA) is 4.93 Å². The Morgan fingerprint density at radius 1 is 0.562 bits per heavy atom. The molecule has 0 spiro atoms. The van der Waals surface area contributed by atoms with Crippen LogP contribution in [0.15, 0.2) is 84.9 Å². The van der Waals surface area contributed by atoms with E-state index in [1.807, 2.05) is 11.3 Å². The third-order valence-corrected chi connectivity index (χ3v) is 8.51. The van der Waals surface area contributed by atoms with Crippen molar-refractivity contribution in [2.24, 2.45) is 0 Å². The summed E-state index contributed by atoms with van der Waals surface area (Å²) < 4.78 is 5.37. The summed E-state index contributed by atoms with van der Waals surface area (Å²) in [6.45, 7) is 0. The zero-order chi connectivity index (χ0) is 21.1. The van der Waals surface area contributed by atoms with Crippen molar-refractivity contribution in [3.05, 3.63) is 84.9 Å². The van der Waals surface area contributed by atoms with Gasteiger partial charge in [0.1, 0.15) is 0 Å². The number of para-hydroxylation sites is 1. The van der Waals surface area contributed by atoms with E-state index >= 15 is 0 Å². The number of hydrogen-bond donors (Lipinski definition) is 0. The average Bonchev–Trinajstić information content (AvgIpc) is 3.39. The minimum absolute atomic E-state index is 0.630. The molecule has 156 valence electrons. The zero-order valence-electron chi connectivity index (χ0n) is 18.1. The Bertz CT molecular complexity index is 1610. The number of thiophene rings is 1. The summed E-state index contributed by atoms with van der Waals surface area (Å²) in [6, 6.07) is 32.5. The second-order valence-electron chi connectivity index (χ2n) is 9.22. The lowest BCUT2D eigenvalue weighted by molar-refractivity contribution is 0.367. The summed E-state index contributed by atoms with van der Waals surface area (Å²) in [5.74, 6) is 0. The predicted molar refractivity (Wildman–Crippen MR) is 140 cm³/mol. The highest BCUT2D eigenvalue weighted by molar-refractivity contribution is 7.25. The SMILES string of the molecule is c1ccc2c(c1)sc1ccc(-c3ccc4c(c3)c3ccccc3n4C3CCCCC3)cc12. The maximum Gasteiger partial charge on any atom is 0.0494 e. The Balaban J connectivity index is 1.44. The molecule has 2 heterocycles. The molecular weight excluding hydrogens is 406 g/mol. The van der Waals surface area contributed by atoms with Gasteiger partial charge in [-0.3, -0.25) is 0 Å². The minimum Gasteiger partial charge on any atom is -0.337 e. The van der Waals surface area contributed by atoms with Gasteiger partial charge in [-0.25, -0.2) is 0 Å². The highest BCUT2D eigenvalue weighted by Crippen LogP contribution is 2.40. The van der Waals surface area contributed by atoms with Crippen LogP contribution in [0.2, 0.25) is 0 Å². The van der Waals surface area contributed by atoms with Gasteiger partial charge in [0, 0.05) is 48.0 Å². The van der Waals surface area contributed by atoms with Crippen molar-refractivity contribution in [3.8, 4) is 11.1 Å². The standard InChI is InChI=1S/C30H25NS/c1-2-8-22(9-3-1)31-27-12-6-4-10-23(27)25-18-20(14-16-28(25)31)21-15-17-30-26(19-21)24-11-5-7-13-29(24)32-30/h4-7,10-19,22H,1-3,8-9H2. The third-order valence-electron chi connectivity index (χ3n) is 7.36. The van der Waals surface area contributed by atoms with Crippen LogP contribution in [-0.4, -0.2) is 4.57 Å². The van der Waals surface area contributed by atoms with Crippen LogP contribution in [0, 0.1) is 0 Å². The Hall–Kier alpha value is -3.10. The molecule has 2 heteroatoms. The van der Waals surface area contributed by atoms with Gasteiger partial charge < -0.3 is 4.57 Å². The van der Waals surface area contributed by atoms with E-state index in [2.05, 4.69) is 89.5 Å². The number of rotatable bonds is 2. The van der Waals surface area contributed by atoms with Gasteiger partial charge in [-0.15, -0.1) is 11.3 Å². The molecule has 0 aliphatic heterocycles. The molecule has 0 bridgehead atoms. The van der Waals surface area contributed by atoms with E-state index in [0.717, 1.165) is 0 Å². The fraction of sp³-hybridized carbons (Fsp3) is 0.200. The van der Waals surface area contributed by atoms with Gasteiger partial charge >= 0.3 is 0 Å². The van der Waals surface area contributed by atoms with Gasteiger partial charge in [0.25, 0.3) is 0 Å². The van der Waals surface area contributed by atoms with Crippen molar-refractivity contribution >= 4 is 53.3 Å². The monoisotopic (exact) mass is 431 g/mol. The summed E-state index contributed by atoms with van der Waals surface area (Å²) in [4.78, 5) is 0. The van der Waals surface area contributed by atoms with Gasteiger partial charge in [-0.1, -0.05) is 67.8 Å². The molecular formula is C30H25NS. The van der Waals surface area contributed by atoms with Gasteiger partial charge in [0.15, 0.2) is 0 Å². The van der Waals surface area contributed by atoms with E-state index in [0.29, 0.717) is 6.04 Å². The van der Waals surface area contributed by atoms with E-state index in [4.69, 9.17) is 0 Å². The average molecular weight is 432 g/mol. The van der Waals surface area contributed by atoms with Gasteiger partial charge in [0.2, 0.25) is 0 Å². The second kappa shape index (κ2) is 7.21. The molecule has 4 aromatic carbocycles. The van der Waals surface area contributed by atoms with E-state index in [1.54, 1.807) is 0 Å². The molecule has 0 amide bonds. The van der Waals surface area contributed by atoms with Gasteiger partial charge in [-0.2, -0.15) is 0 Å². The smallest absolute Gasteiger partial charge is 0.0494 e. The van der Waals surface area contributed by atoms with Crippen molar-refractivity contribution in [1.82, 2.24) is 4.57 Å². The molecule has 1 saturated carbocycles. The molecule has 0 atom stereocenters. The minimum atomic E-state index is 0.630. The van der Waals surface area contributed by atoms with Crippen LogP contribution in [-0.2, 0) is 0 Å². The first-order chi connectivity index (χ1) is 15.9. The van der Waals surface area contributed by atoms with Crippen LogP contribution >= 0.6 is 11.3 Å². The van der Waals surface area contributed by atoms with E-state index in [-0.39, 0.29) is 0 Å². The summed E-state index contributed by atoms with van der Waals surface area (Å²) in [7, 11) is 0. The Morgan fingerprint density at radius 2 is 1.22 bits per heavy atom. The van der Waals surface area contributed by atoms with Crippen LogP contribution in [0.3, 0.4) is 0 Å². The Labute approximate surface area is 191 Å². The van der Waals surface area contributed by atoms with Crippen molar-refractivity contribution < 1.29 is 0 Å². The van der Waals surface area contributed by atoms with Gasteiger partial charge in [0.05, 0.1) is 0 Å². The van der Waals surface area contributed by atoms with Crippen molar-refractivity contribution in [2.45, 2.75) is 38.1 Å². The van der Waals surface area contributed by atoms with Crippen LogP contribution in [0.1, 0.15) is 38.1 Å². The first-order valence-electron chi connectivity index (χ1n) is 11.8. The Morgan fingerprint density at radius 3 is 2.09 bits per heavy atom. The summed E-state index contributed by atoms with van der Waals surface area (Å²) in [5.41, 5.74) is 5.40. The molecule has 2 aromatic heterocycles. The van der Waals surface area contributed by atoms with E-state index < -0.39 is 0 Å². The first-order valence-corrected chi connectivity index (χ1v) is 12.6. The first kappa shape index (κ1) is 18.5. The number of hydrogen-bond acceptors (Lipinski definition) is 1. The lowest BCUT2D eigenvalue weighted by atomic mass is 9.95. The summed E-state index contributed by atoms with van der Waals surface area (Å²) in [6.07, 6.45) is 6.70. The second-order valence-corrected chi connectivity index (χ2v) is 10.3. The predicted octanol–water partition coefficient (Wildman–Crippen LogP) is 9.33. The van der Waals surface area contributed by atoms with Crippen molar-refractivity contribution in [3.63, 3.8) is 0 Å². The molecule has 1 aliphatic carbocycles.